The van der Waals surface area contributed by atoms with Crippen molar-refractivity contribution < 1.29 is 30.8 Å². The zero-order valence-corrected chi connectivity index (χ0v) is 8.51. The van der Waals surface area contributed by atoms with Gasteiger partial charge in [0.2, 0.25) is 0 Å². The summed E-state index contributed by atoms with van der Waals surface area (Å²) in [5.41, 5.74) is -0.0903. The van der Waals surface area contributed by atoms with Gasteiger partial charge in [-0.15, -0.1) is 0 Å². The fourth-order valence-electron chi connectivity index (χ4n) is 0.464. The van der Waals surface area contributed by atoms with Crippen molar-refractivity contribution in [3.8, 4) is 0 Å². The van der Waals surface area contributed by atoms with Crippen molar-refractivity contribution in [2.24, 2.45) is 0 Å². The predicted octanol–water partition coefficient (Wildman–Crippen LogP) is -0.242. The molecule has 0 fully saturated rings. The third-order valence-corrected chi connectivity index (χ3v) is 0.953. The van der Waals surface area contributed by atoms with Crippen LogP contribution in [-0.4, -0.2) is 56.2 Å². The third-order valence-electron chi connectivity index (χ3n) is 0.953. The molecule has 0 bridgehead atoms. The van der Waals surface area contributed by atoms with E-state index in [0.717, 1.165) is 0 Å². The number of carbonyl (C=O) groups is 2. The molecule has 0 radical (unpaired) electrons. The summed E-state index contributed by atoms with van der Waals surface area (Å²) in [7, 11) is 0. The summed E-state index contributed by atoms with van der Waals surface area (Å²) >= 11 is 0. The van der Waals surface area contributed by atoms with Gasteiger partial charge in [0.05, 0.1) is 0 Å². The summed E-state index contributed by atoms with van der Waals surface area (Å²) in [4.78, 5) is 20.1. The molecule has 0 aliphatic heterocycles. The number of rotatable bonds is 3. The van der Waals surface area contributed by atoms with Crippen molar-refractivity contribution in [3.63, 3.8) is 0 Å². The number of hydrogen-bond acceptors (Lipinski definition) is 4. The normalized spacial score (nSPS) is 8.54. The molecule has 0 aromatic rings. The molecule has 0 aromatic heterocycles. The Morgan fingerprint density at radius 3 is 1.69 bits per heavy atom. The second-order valence-electron chi connectivity index (χ2n) is 1.67. The van der Waals surface area contributed by atoms with Gasteiger partial charge in [-0.05, 0) is 6.42 Å². The Morgan fingerprint density at radius 1 is 1.23 bits per heavy atom. The third kappa shape index (κ3) is 11.4. The van der Waals surface area contributed by atoms with E-state index in [1.807, 2.05) is 0 Å². The van der Waals surface area contributed by atoms with E-state index in [9.17, 15) is 9.59 Å². The van der Waals surface area contributed by atoms with Gasteiger partial charge < -0.3 is 21.2 Å². The van der Waals surface area contributed by atoms with E-state index < -0.39 is 11.9 Å². The molecule has 13 heavy (non-hydrogen) atoms. The Hall–Kier alpha value is -0.634. The van der Waals surface area contributed by atoms with Gasteiger partial charge in [-0.3, -0.25) is 0 Å². The smallest absolute Gasteiger partial charge is 0.870 e. The molecular formula is C6H10MgO6. The van der Waals surface area contributed by atoms with E-state index in [0.29, 0.717) is 6.08 Å². The summed E-state index contributed by atoms with van der Waals surface area (Å²) in [5.74, 6) is -2.40. The Bertz CT molecular complexity index is 188. The second-order valence-corrected chi connectivity index (χ2v) is 1.67. The zero-order chi connectivity index (χ0) is 8.15. The second kappa shape index (κ2) is 11.4. The first kappa shape index (κ1) is 22.8. The van der Waals surface area contributed by atoms with Gasteiger partial charge in [0.25, 0.3) is 0 Å². The van der Waals surface area contributed by atoms with Gasteiger partial charge in [0.1, 0.15) is 0 Å². The fraction of sp³-hybridized carbons (Fsp3) is 0.333. The number of hydrogen-bond donors (Lipinski definition) is 2. The van der Waals surface area contributed by atoms with Crippen LogP contribution < -0.4 is 0 Å². The first-order valence-electron chi connectivity index (χ1n) is 2.74. The van der Waals surface area contributed by atoms with E-state index in [4.69, 9.17) is 10.2 Å². The number of carboxylic acids is 2. The first-order chi connectivity index (χ1) is 4.57. The molecule has 0 aromatic carbocycles. The van der Waals surface area contributed by atoms with Gasteiger partial charge in [-0.2, -0.15) is 0 Å². The van der Waals surface area contributed by atoms with Crippen molar-refractivity contribution in [2.45, 2.75) is 13.3 Å². The molecule has 0 heterocycles. The van der Waals surface area contributed by atoms with E-state index in [1.54, 1.807) is 6.92 Å². The van der Waals surface area contributed by atoms with Gasteiger partial charge >= 0.3 is 35.0 Å². The van der Waals surface area contributed by atoms with E-state index in [1.165, 1.54) is 0 Å². The topological polar surface area (TPSA) is 135 Å². The van der Waals surface area contributed by atoms with Crippen molar-refractivity contribution in [1.82, 2.24) is 0 Å². The Kier molecular flexibility index (Phi) is 20.0. The molecule has 0 saturated heterocycles. The van der Waals surface area contributed by atoms with E-state index in [2.05, 4.69) is 0 Å². The average molecular weight is 202 g/mol. The molecule has 0 aliphatic carbocycles. The summed E-state index contributed by atoms with van der Waals surface area (Å²) < 4.78 is 0. The van der Waals surface area contributed by atoms with Crippen LogP contribution in [0.2, 0.25) is 0 Å². The van der Waals surface area contributed by atoms with Crippen molar-refractivity contribution in [1.29, 1.82) is 0 Å². The average Bonchev–Trinajstić information content (AvgIpc) is 1.81. The molecule has 0 atom stereocenters. The van der Waals surface area contributed by atoms with Gasteiger partial charge in [0, 0.05) is 11.6 Å². The summed E-state index contributed by atoms with van der Waals surface area (Å²) in [5, 5.41) is 16.4. The molecule has 0 rings (SSSR count). The first-order valence-corrected chi connectivity index (χ1v) is 2.74. The number of carboxylic acid groups (broad SMARTS) is 2. The molecule has 0 amide bonds. The molecule has 0 unspecified atom stereocenters. The maximum Gasteiger partial charge on any atom is 2.00 e. The molecule has 0 spiro atoms. The van der Waals surface area contributed by atoms with Crippen molar-refractivity contribution in [3.05, 3.63) is 11.6 Å². The van der Waals surface area contributed by atoms with Crippen molar-refractivity contribution >= 4 is 35.0 Å². The maximum atomic E-state index is 10.1. The summed E-state index contributed by atoms with van der Waals surface area (Å²) in [6, 6.07) is 0. The van der Waals surface area contributed by atoms with Gasteiger partial charge in [-0.1, -0.05) is 6.92 Å². The van der Waals surface area contributed by atoms with Crippen LogP contribution in [0, 0.1) is 0 Å². The summed E-state index contributed by atoms with van der Waals surface area (Å²) in [6.45, 7) is 1.59. The largest absolute Gasteiger partial charge is 2.00 e. The molecule has 0 saturated carbocycles. The quantitative estimate of drug-likeness (QED) is 0.479. The Morgan fingerprint density at radius 2 is 1.62 bits per heavy atom. The summed E-state index contributed by atoms with van der Waals surface area (Å²) in [6.07, 6.45) is 0.921. The van der Waals surface area contributed by atoms with Gasteiger partial charge in [-0.25, -0.2) is 9.59 Å². The Balaban J connectivity index is -0.000000135. The molecule has 0 aliphatic rings. The minimum Gasteiger partial charge on any atom is -0.870 e. The number of aliphatic carboxylic acids is 2. The molecular weight excluding hydrogens is 192 g/mol. The molecule has 7 heteroatoms. The van der Waals surface area contributed by atoms with Gasteiger partial charge in [0.15, 0.2) is 0 Å². The SMILES string of the molecule is CC/C(=C\C(=O)O)C(=O)O.[Mg+2].[OH-].[OH-]. The van der Waals surface area contributed by atoms with Crippen LogP contribution in [0.25, 0.3) is 0 Å². The molecule has 4 N–H and O–H groups in total. The minimum atomic E-state index is -1.22. The van der Waals surface area contributed by atoms with Crippen LogP contribution in [0.1, 0.15) is 13.3 Å². The zero-order valence-electron chi connectivity index (χ0n) is 7.10. The van der Waals surface area contributed by atoms with Crippen molar-refractivity contribution in [2.75, 3.05) is 0 Å². The minimum absolute atomic E-state index is 0. The van der Waals surface area contributed by atoms with Crippen LogP contribution in [0.15, 0.2) is 11.6 Å². The standard InChI is InChI=1S/C6H8O4.Mg.2H2O/c1-2-4(6(9)10)3-5(7)8;;;/h3H,2H2,1H3,(H,7,8)(H,9,10);;2*1H2/q;+2;;/p-2/b4-3+;;;. The van der Waals surface area contributed by atoms with Crippen LogP contribution in [0.3, 0.4) is 0 Å². The molecule has 72 valence electrons. The molecule has 6 nitrogen and oxygen atoms in total. The van der Waals surface area contributed by atoms with E-state index in [-0.39, 0.29) is 46.0 Å². The predicted molar refractivity (Wildman–Crippen MR) is 43.3 cm³/mol. The van der Waals surface area contributed by atoms with Crippen LogP contribution in [-0.2, 0) is 9.59 Å². The van der Waals surface area contributed by atoms with E-state index >= 15 is 0 Å². The van der Waals surface area contributed by atoms with Crippen LogP contribution in [0.5, 0.6) is 0 Å². The Labute approximate surface area is 91.0 Å². The monoisotopic (exact) mass is 202 g/mol. The fourth-order valence-corrected chi connectivity index (χ4v) is 0.464. The van der Waals surface area contributed by atoms with Crippen LogP contribution >= 0.6 is 0 Å². The maximum absolute atomic E-state index is 10.1. The van der Waals surface area contributed by atoms with Crippen LogP contribution in [0.4, 0.5) is 0 Å².